The summed E-state index contributed by atoms with van der Waals surface area (Å²) in [6.45, 7) is 0. The van der Waals surface area contributed by atoms with Crippen LogP contribution in [0.3, 0.4) is 0 Å². The lowest BCUT2D eigenvalue weighted by atomic mass is 9.95. The number of furan rings is 2. The van der Waals surface area contributed by atoms with E-state index in [9.17, 15) is 0 Å². The second-order valence-corrected chi connectivity index (χ2v) is 11.8. The fourth-order valence-electron chi connectivity index (χ4n) is 6.82. The van der Waals surface area contributed by atoms with Crippen LogP contribution in [0.25, 0.3) is 100 Å². The van der Waals surface area contributed by atoms with E-state index in [2.05, 4.69) is 59.6 Å². The van der Waals surface area contributed by atoms with Crippen LogP contribution >= 0.6 is 0 Å². The van der Waals surface area contributed by atoms with Crippen molar-refractivity contribution in [2.24, 2.45) is 0 Å². The molecule has 0 spiro atoms. The number of aromatic nitrogens is 4. The number of hydrogen-bond acceptors (Lipinski definition) is 6. The summed E-state index contributed by atoms with van der Waals surface area (Å²) in [4.78, 5) is 20.0. The summed E-state index contributed by atoms with van der Waals surface area (Å²) < 4.78 is 12.6. The van der Waals surface area contributed by atoms with E-state index >= 15 is 0 Å². The number of para-hydroxylation sites is 1. The van der Waals surface area contributed by atoms with Gasteiger partial charge in [-0.25, -0.2) is 19.9 Å². The van der Waals surface area contributed by atoms with Gasteiger partial charge in [0.05, 0.1) is 5.39 Å². The minimum atomic E-state index is 0.572. The molecule has 0 aliphatic rings. The van der Waals surface area contributed by atoms with Gasteiger partial charge >= 0.3 is 0 Å². The molecule has 4 heterocycles. The average molecular weight is 617 g/mol. The van der Waals surface area contributed by atoms with Crippen LogP contribution in [-0.2, 0) is 0 Å². The Morgan fingerprint density at radius 2 is 1.06 bits per heavy atom. The SMILES string of the molecule is c1ccc(-c2nc(-c3ccccc3-c3ccnc4oc5cc6ccccc6cc5c34)nc(-c3cccc4oc5ccccc5c34)n2)cc1. The molecule has 0 aliphatic carbocycles. The van der Waals surface area contributed by atoms with Crippen LogP contribution < -0.4 is 0 Å². The van der Waals surface area contributed by atoms with E-state index in [0.717, 1.165) is 76.9 Å². The van der Waals surface area contributed by atoms with E-state index < -0.39 is 0 Å². The van der Waals surface area contributed by atoms with Crippen molar-refractivity contribution in [1.29, 1.82) is 0 Å². The van der Waals surface area contributed by atoms with Gasteiger partial charge in [0.15, 0.2) is 17.5 Å². The molecule has 0 saturated heterocycles. The smallest absolute Gasteiger partial charge is 0.227 e. The summed E-state index contributed by atoms with van der Waals surface area (Å²) >= 11 is 0. The molecular formula is C42H24N4O2. The zero-order valence-electron chi connectivity index (χ0n) is 25.5. The number of pyridine rings is 1. The minimum Gasteiger partial charge on any atom is -0.456 e. The molecule has 0 radical (unpaired) electrons. The first-order chi connectivity index (χ1) is 23.8. The Balaban J connectivity index is 1.24. The molecule has 0 N–H and O–H groups in total. The van der Waals surface area contributed by atoms with Crippen LogP contribution in [0.1, 0.15) is 0 Å². The molecule has 10 aromatic rings. The van der Waals surface area contributed by atoms with Crippen molar-refractivity contribution in [2.75, 3.05) is 0 Å². The fourth-order valence-corrected chi connectivity index (χ4v) is 6.82. The number of benzene rings is 6. The maximum Gasteiger partial charge on any atom is 0.227 e. The van der Waals surface area contributed by atoms with Crippen LogP contribution in [0.15, 0.2) is 155 Å². The maximum atomic E-state index is 6.33. The van der Waals surface area contributed by atoms with Gasteiger partial charge in [-0.15, -0.1) is 0 Å². The largest absolute Gasteiger partial charge is 0.456 e. The van der Waals surface area contributed by atoms with Gasteiger partial charge in [-0.2, -0.15) is 0 Å². The average Bonchev–Trinajstić information content (AvgIpc) is 3.72. The zero-order chi connectivity index (χ0) is 31.6. The molecule has 224 valence electrons. The molecular weight excluding hydrogens is 592 g/mol. The molecule has 0 aliphatic heterocycles. The molecule has 4 aromatic heterocycles. The monoisotopic (exact) mass is 616 g/mol. The van der Waals surface area contributed by atoms with E-state index in [1.54, 1.807) is 6.20 Å². The molecule has 0 atom stereocenters. The van der Waals surface area contributed by atoms with Gasteiger partial charge in [0.2, 0.25) is 5.71 Å². The maximum absolute atomic E-state index is 6.33. The molecule has 48 heavy (non-hydrogen) atoms. The molecule has 6 heteroatoms. The third-order valence-corrected chi connectivity index (χ3v) is 9.01. The molecule has 10 rings (SSSR count). The molecule has 0 unspecified atom stereocenters. The minimum absolute atomic E-state index is 0.572. The number of rotatable bonds is 4. The van der Waals surface area contributed by atoms with Crippen molar-refractivity contribution in [3.8, 4) is 45.3 Å². The second-order valence-electron chi connectivity index (χ2n) is 11.8. The van der Waals surface area contributed by atoms with Crippen molar-refractivity contribution < 1.29 is 8.83 Å². The van der Waals surface area contributed by atoms with Gasteiger partial charge in [-0.3, -0.25) is 0 Å². The third-order valence-electron chi connectivity index (χ3n) is 9.01. The van der Waals surface area contributed by atoms with Crippen LogP contribution in [-0.4, -0.2) is 19.9 Å². The van der Waals surface area contributed by atoms with Crippen molar-refractivity contribution in [1.82, 2.24) is 19.9 Å². The topological polar surface area (TPSA) is 77.8 Å². The van der Waals surface area contributed by atoms with Crippen LogP contribution in [0.2, 0.25) is 0 Å². The molecule has 6 nitrogen and oxygen atoms in total. The van der Waals surface area contributed by atoms with Crippen LogP contribution in [0.5, 0.6) is 0 Å². The lowest BCUT2D eigenvalue weighted by molar-refractivity contribution is 0.654. The summed E-state index contributed by atoms with van der Waals surface area (Å²) in [5.41, 5.74) is 7.64. The van der Waals surface area contributed by atoms with Gasteiger partial charge in [0, 0.05) is 39.0 Å². The Morgan fingerprint density at radius 1 is 0.396 bits per heavy atom. The molecule has 0 saturated carbocycles. The summed E-state index contributed by atoms with van der Waals surface area (Å²) in [6.07, 6.45) is 1.80. The Bertz CT molecular complexity index is 2850. The van der Waals surface area contributed by atoms with Gasteiger partial charge < -0.3 is 8.83 Å². The van der Waals surface area contributed by atoms with Gasteiger partial charge in [-0.1, -0.05) is 109 Å². The highest BCUT2D eigenvalue weighted by atomic mass is 16.3. The van der Waals surface area contributed by atoms with E-state index in [0.29, 0.717) is 23.2 Å². The molecule has 0 fully saturated rings. The lowest BCUT2D eigenvalue weighted by Crippen LogP contribution is -2.01. The lowest BCUT2D eigenvalue weighted by Gasteiger charge is -2.13. The zero-order valence-corrected chi connectivity index (χ0v) is 25.5. The van der Waals surface area contributed by atoms with Crippen molar-refractivity contribution in [3.63, 3.8) is 0 Å². The first kappa shape index (κ1) is 26.5. The van der Waals surface area contributed by atoms with Gasteiger partial charge in [0.1, 0.15) is 16.7 Å². The highest BCUT2D eigenvalue weighted by molar-refractivity contribution is 6.15. The Labute approximate surface area is 274 Å². The molecule has 0 bridgehead atoms. The van der Waals surface area contributed by atoms with Crippen LogP contribution in [0, 0.1) is 0 Å². The fraction of sp³-hybridized carbons (Fsp3) is 0. The third kappa shape index (κ3) is 4.13. The summed E-state index contributed by atoms with van der Waals surface area (Å²) in [5, 5.41) is 6.24. The Hall–Kier alpha value is -6.66. The second kappa shape index (κ2) is 10.4. The van der Waals surface area contributed by atoms with E-state index in [4.69, 9.17) is 23.8 Å². The van der Waals surface area contributed by atoms with Crippen molar-refractivity contribution in [2.45, 2.75) is 0 Å². The Kier molecular flexibility index (Phi) is 5.77. The van der Waals surface area contributed by atoms with E-state index in [1.807, 2.05) is 84.9 Å². The number of hydrogen-bond donors (Lipinski definition) is 0. The highest BCUT2D eigenvalue weighted by Crippen LogP contribution is 2.41. The summed E-state index contributed by atoms with van der Waals surface area (Å²) in [7, 11) is 0. The van der Waals surface area contributed by atoms with Gasteiger partial charge in [0.25, 0.3) is 0 Å². The number of nitrogens with zero attached hydrogens (tertiary/aromatic N) is 4. The summed E-state index contributed by atoms with van der Waals surface area (Å²) in [6, 6.07) is 47.0. The molecule has 6 aromatic carbocycles. The first-order valence-electron chi connectivity index (χ1n) is 15.8. The number of fused-ring (bicyclic) bond motifs is 7. The quantitative estimate of drug-likeness (QED) is 0.196. The van der Waals surface area contributed by atoms with Gasteiger partial charge in [-0.05, 0) is 52.2 Å². The van der Waals surface area contributed by atoms with Crippen molar-refractivity contribution in [3.05, 3.63) is 146 Å². The van der Waals surface area contributed by atoms with Crippen LogP contribution in [0.4, 0.5) is 0 Å². The standard InChI is InChI=1S/C42H24N4O2/c1-2-11-25(12-3-1)39-44-40(46-41(45-39)32-18-10-20-35-37(32)31-17-8-9-19-34(31)47-35)30-16-7-6-15-28(30)29-21-22-43-42-38(29)33-23-26-13-4-5-14-27(26)24-36(33)48-42/h1-24H. The summed E-state index contributed by atoms with van der Waals surface area (Å²) in [5.74, 6) is 1.74. The first-order valence-corrected chi connectivity index (χ1v) is 15.8. The van der Waals surface area contributed by atoms with E-state index in [-0.39, 0.29) is 0 Å². The normalized spacial score (nSPS) is 11.8. The van der Waals surface area contributed by atoms with Crippen molar-refractivity contribution >= 4 is 54.8 Å². The van der Waals surface area contributed by atoms with E-state index in [1.165, 1.54) is 0 Å². The molecule has 0 amide bonds. The highest BCUT2D eigenvalue weighted by Gasteiger charge is 2.21. The predicted octanol–water partition coefficient (Wildman–Crippen LogP) is 10.9. The predicted molar refractivity (Wildman–Crippen MR) is 191 cm³/mol. The Morgan fingerprint density at radius 3 is 1.94 bits per heavy atom.